The zero-order chi connectivity index (χ0) is 24.0. The summed E-state index contributed by atoms with van der Waals surface area (Å²) in [7, 11) is 0. The van der Waals surface area contributed by atoms with Gasteiger partial charge in [0.05, 0.1) is 6.20 Å². The fourth-order valence-corrected chi connectivity index (χ4v) is 3.46. The van der Waals surface area contributed by atoms with Crippen LogP contribution >= 0.6 is 46.6 Å². The number of amides is 2. The molecule has 2 amide bonds. The van der Waals surface area contributed by atoms with Crippen LogP contribution in [0.2, 0.25) is 0 Å². The van der Waals surface area contributed by atoms with Gasteiger partial charge in [0.2, 0.25) is 3.79 Å². The second-order valence-electron chi connectivity index (χ2n) is 6.51. The van der Waals surface area contributed by atoms with Crippen molar-refractivity contribution in [1.29, 1.82) is 0 Å². The topological polar surface area (TPSA) is 106 Å². The summed E-state index contributed by atoms with van der Waals surface area (Å²) in [6, 6.07) is 14.3. The lowest BCUT2D eigenvalue weighted by Crippen LogP contribution is -2.21. The van der Waals surface area contributed by atoms with Crippen molar-refractivity contribution in [1.82, 2.24) is 4.98 Å². The Morgan fingerprint density at radius 2 is 1.79 bits per heavy atom. The van der Waals surface area contributed by atoms with Crippen LogP contribution in [0, 0.1) is 5.82 Å². The molecule has 0 atom stereocenters. The average Bonchev–Trinajstić information content (AvgIpc) is 2.76. The lowest BCUT2D eigenvalue weighted by molar-refractivity contribution is 0.102. The number of halogens is 4. The van der Waals surface area contributed by atoms with E-state index >= 15 is 0 Å². The van der Waals surface area contributed by atoms with E-state index in [9.17, 15) is 14.0 Å². The van der Waals surface area contributed by atoms with E-state index in [1.807, 2.05) is 0 Å². The largest absolute Gasteiger partial charge is 0.445 e. The molecular weight excluding hydrogens is 514 g/mol. The number of hydrogen-bond acceptors (Lipinski definition) is 6. The van der Waals surface area contributed by atoms with Crippen molar-refractivity contribution in [2.75, 3.05) is 23.0 Å². The third-order valence-corrected chi connectivity index (χ3v) is 5.36. The predicted octanol–water partition coefficient (Wildman–Crippen LogP) is 6.13. The molecule has 0 saturated heterocycles. The van der Waals surface area contributed by atoms with Gasteiger partial charge >= 0.3 is 6.09 Å². The quantitative estimate of drug-likeness (QED) is 0.262. The number of rotatable bonds is 6. The van der Waals surface area contributed by atoms with Gasteiger partial charge in [-0.2, -0.15) is 0 Å². The van der Waals surface area contributed by atoms with Gasteiger partial charge in [-0.25, -0.2) is 14.2 Å². The number of hydrogen-bond donors (Lipinski definition) is 3. The normalized spacial score (nSPS) is 11.0. The number of nitrogen functional groups attached to an aromatic ring is 1. The molecule has 0 saturated carbocycles. The van der Waals surface area contributed by atoms with Crippen LogP contribution < -0.4 is 16.4 Å². The van der Waals surface area contributed by atoms with Gasteiger partial charge in [-0.1, -0.05) is 46.6 Å². The fourth-order valence-electron chi connectivity index (χ4n) is 2.46. The van der Waals surface area contributed by atoms with E-state index in [1.165, 1.54) is 30.0 Å². The third kappa shape index (κ3) is 7.97. The maximum Gasteiger partial charge on any atom is 0.411 e. The van der Waals surface area contributed by atoms with E-state index in [0.29, 0.717) is 16.9 Å². The van der Waals surface area contributed by atoms with Crippen LogP contribution in [-0.4, -0.2) is 27.4 Å². The molecule has 0 unspecified atom stereocenters. The number of ether oxygens (including phenoxy) is 1. The summed E-state index contributed by atoms with van der Waals surface area (Å²) < 4.78 is 16.1. The third-order valence-electron chi connectivity index (χ3n) is 3.94. The maximum absolute atomic E-state index is 12.9. The van der Waals surface area contributed by atoms with Crippen molar-refractivity contribution in [2.24, 2.45) is 0 Å². The van der Waals surface area contributed by atoms with E-state index in [1.54, 1.807) is 36.4 Å². The molecule has 1 heterocycles. The van der Waals surface area contributed by atoms with Crippen LogP contribution in [0.1, 0.15) is 10.4 Å². The molecule has 1 aromatic heterocycles. The van der Waals surface area contributed by atoms with Gasteiger partial charge in [-0.3, -0.25) is 10.1 Å². The molecule has 0 spiro atoms. The molecule has 0 fully saturated rings. The number of aromatic nitrogens is 1. The van der Waals surface area contributed by atoms with Gasteiger partial charge in [-0.05, 0) is 54.6 Å². The number of benzene rings is 2. The number of anilines is 3. The molecule has 0 aliphatic rings. The molecule has 2 aromatic carbocycles. The summed E-state index contributed by atoms with van der Waals surface area (Å²) in [4.78, 5) is 29.5. The van der Waals surface area contributed by atoms with E-state index in [-0.39, 0.29) is 12.4 Å². The van der Waals surface area contributed by atoms with Crippen molar-refractivity contribution in [2.45, 2.75) is 13.6 Å². The molecule has 7 nitrogen and oxygen atoms in total. The van der Waals surface area contributed by atoms with Gasteiger partial charge in [0.25, 0.3) is 5.91 Å². The molecule has 0 aliphatic heterocycles. The number of nitrogens with one attached hydrogen (secondary N) is 2. The first kappa shape index (κ1) is 24.9. The van der Waals surface area contributed by atoms with E-state index < -0.39 is 21.6 Å². The Hall–Kier alpha value is -2.72. The molecule has 33 heavy (non-hydrogen) atoms. The SMILES string of the molecule is Nc1cc(C(=O)Nc2ccc(F)cn2)ccc1Sc1ccc(NC(=O)OCC(Cl)(Cl)Cl)cc1. The molecule has 3 aromatic rings. The summed E-state index contributed by atoms with van der Waals surface area (Å²) in [6.07, 6.45) is 0.257. The summed E-state index contributed by atoms with van der Waals surface area (Å²) in [6.45, 7) is -0.384. The molecule has 3 rings (SSSR count). The van der Waals surface area contributed by atoms with Gasteiger partial charge in [0.1, 0.15) is 18.2 Å². The van der Waals surface area contributed by atoms with Gasteiger partial charge in [-0.15, -0.1) is 0 Å². The lowest BCUT2D eigenvalue weighted by Gasteiger charge is -2.12. The minimum atomic E-state index is -1.69. The number of alkyl halides is 3. The molecule has 12 heteroatoms. The second kappa shape index (κ2) is 10.9. The van der Waals surface area contributed by atoms with Crippen molar-refractivity contribution < 1.29 is 18.7 Å². The van der Waals surface area contributed by atoms with Crippen LogP contribution in [0.25, 0.3) is 0 Å². The van der Waals surface area contributed by atoms with Crippen molar-refractivity contribution in [3.05, 3.63) is 72.2 Å². The zero-order valence-corrected chi connectivity index (χ0v) is 19.7. The molecular formula is C21H16Cl3FN4O3S. The van der Waals surface area contributed by atoms with Crippen LogP contribution in [0.4, 0.5) is 26.4 Å². The number of carbonyl (C=O) groups is 2. The number of carbonyl (C=O) groups excluding carboxylic acids is 2. The minimum Gasteiger partial charge on any atom is -0.445 e. The molecule has 0 aliphatic carbocycles. The Bertz CT molecular complexity index is 1140. The molecule has 0 radical (unpaired) electrons. The van der Waals surface area contributed by atoms with Crippen LogP contribution in [-0.2, 0) is 4.74 Å². The Labute approximate surface area is 207 Å². The highest BCUT2D eigenvalue weighted by molar-refractivity contribution is 7.99. The van der Waals surface area contributed by atoms with Crippen LogP contribution in [0.5, 0.6) is 0 Å². The van der Waals surface area contributed by atoms with Crippen LogP contribution in [0.3, 0.4) is 0 Å². The molecule has 172 valence electrons. The van der Waals surface area contributed by atoms with Gasteiger partial charge in [0, 0.05) is 26.7 Å². The van der Waals surface area contributed by atoms with Crippen molar-refractivity contribution in [3.8, 4) is 0 Å². The molecule has 0 bridgehead atoms. The Balaban J connectivity index is 1.59. The maximum atomic E-state index is 12.9. The smallest absolute Gasteiger partial charge is 0.411 e. The Morgan fingerprint density at radius 3 is 2.39 bits per heavy atom. The number of nitrogens with two attached hydrogens (primary N) is 1. The molecule has 4 N–H and O–H groups in total. The highest BCUT2D eigenvalue weighted by Crippen LogP contribution is 2.33. The summed E-state index contributed by atoms with van der Waals surface area (Å²) in [5, 5.41) is 5.09. The highest BCUT2D eigenvalue weighted by Gasteiger charge is 2.22. The predicted molar refractivity (Wildman–Crippen MR) is 129 cm³/mol. The zero-order valence-electron chi connectivity index (χ0n) is 16.7. The lowest BCUT2D eigenvalue weighted by atomic mass is 10.2. The van der Waals surface area contributed by atoms with E-state index in [0.717, 1.165) is 16.0 Å². The second-order valence-corrected chi connectivity index (χ2v) is 10.1. The summed E-state index contributed by atoms with van der Waals surface area (Å²) in [5.74, 6) is -0.694. The van der Waals surface area contributed by atoms with Gasteiger partial charge in [0.15, 0.2) is 0 Å². The highest BCUT2D eigenvalue weighted by atomic mass is 35.6. The van der Waals surface area contributed by atoms with Gasteiger partial charge < -0.3 is 15.8 Å². The Kier molecular flexibility index (Phi) is 8.25. The number of pyridine rings is 1. The monoisotopic (exact) mass is 528 g/mol. The average molecular weight is 530 g/mol. The first-order chi connectivity index (χ1) is 15.6. The van der Waals surface area contributed by atoms with E-state index in [4.69, 9.17) is 45.3 Å². The Morgan fingerprint density at radius 1 is 1.06 bits per heavy atom. The number of nitrogens with zero attached hydrogens (tertiary/aromatic N) is 1. The first-order valence-electron chi connectivity index (χ1n) is 9.20. The minimum absolute atomic E-state index is 0.225. The standard InChI is InChI=1S/C21H16Cl3FN4O3S/c22-21(23,24)11-32-20(31)28-14-3-5-15(6-4-14)33-17-7-1-12(9-16(17)26)19(30)29-18-8-2-13(25)10-27-18/h1-10H,11,26H2,(H,28,31)(H,27,29,30). The van der Waals surface area contributed by atoms with Crippen LogP contribution in [0.15, 0.2) is 70.6 Å². The first-order valence-corrected chi connectivity index (χ1v) is 11.1. The van der Waals surface area contributed by atoms with E-state index in [2.05, 4.69) is 15.6 Å². The summed E-state index contributed by atoms with van der Waals surface area (Å²) in [5.41, 5.74) is 7.33. The van der Waals surface area contributed by atoms with Crippen molar-refractivity contribution >= 4 is 75.8 Å². The summed E-state index contributed by atoms with van der Waals surface area (Å²) >= 11 is 18.0. The van der Waals surface area contributed by atoms with Crippen molar-refractivity contribution in [3.63, 3.8) is 0 Å². The fraction of sp³-hybridized carbons (Fsp3) is 0.0952.